The van der Waals surface area contributed by atoms with Crippen molar-refractivity contribution < 1.29 is 9.90 Å². The van der Waals surface area contributed by atoms with Crippen molar-refractivity contribution in [2.45, 2.75) is 57.2 Å². The Morgan fingerprint density at radius 3 is 2.55 bits per heavy atom. The highest BCUT2D eigenvalue weighted by Crippen LogP contribution is 2.32. The van der Waals surface area contributed by atoms with Crippen LogP contribution in [0.15, 0.2) is 36.4 Å². The molecule has 0 aliphatic carbocycles. The van der Waals surface area contributed by atoms with Gasteiger partial charge in [0.15, 0.2) is 5.82 Å². The second kappa shape index (κ2) is 9.06. The van der Waals surface area contributed by atoms with E-state index in [0.717, 1.165) is 29.8 Å². The Hall–Kier alpha value is -2.93. The van der Waals surface area contributed by atoms with Gasteiger partial charge in [-0.3, -0.25) is 4.79 Å². The van der Waals surface area contributed by atoms with Gasteiger partial charge in [0.05, 0.1) is 5.69 Å². The third-order valence-electron chi connectivity index (χ3n) is 6.57. The number of nitrogens with zero attached hydrogens (tertiary/aromatic N) is 3. The van der Waals surface area contributed by atoms with Crippen LogP contribution >= 0.6 is 0 Å². The zero-order chi connectivity index (χ0) is 22.0. The largest absolute Gasteiger partial charge is 0.507 e. The quantitative estimate of drug-likeness (QED) is 0.643. The molecule has 7 nitrogen and oxygen atoms in total. The molecule has 0 spiro atoms. The zero-order valence-electron chi connectivity index (χ0n) is 18.4. The van der Waals surface area contributed by atoms with E-state index in [9.17, 15) is 9.90 Å². The van der Waals surface area contributed by atoms with Gasteiger partial charge in [0, 0.05) is 43.9 Å². The highest BCUT2D eigenvalue weighted by Gasteiger charge is 2.33. The molecule has 4 rings (SSSR count). The number of carbonyl (C=O) groups is 1. The van der Waals surface area contributed by atoms with Gasteiger partial charge < -0.3 is 20.6 Å². The van der Waals surface area contributed by atoms with Crippen LogP contribution in [0.4, 0.5) is 5.82 Å². The fraction of sp³-hybridized carbons (Fsp3) is 0.458. The summed E-state index contributed by atoms with van der Waals surface area (Å²) < 4.78 is 0. The number of hydrogen-bond donors (Lipinski definition) is 3. The maximum absolute atomic E-state index is 11.6. The molecule has 31 heavy (non-hydrogen) atoms. The summed E-state index contributed by atoms with van der Waals surface area (Å²) in [4.78, 5) is 13.8. The Morgan fingerprint density at radius 1 is 1.19 bits per heavy atom. The van der Waals surface area contributed by atoms with Crippen LogP contribution in [0, 0.1) is 0 Å². The molecule has 164 valence electrons. The van der Waals surface area contributed by atoms with Gasteiger partial charge in [0.1, 0.15) is 5.75 Å². The molecule has 2 bridgehead atoms. The van der Waals surface area contributed by atoms with Gasteiger partial charge >= 0.3 is 0 Å². The molecule has 1 aromatic heterocycles. The predicted octanol–water partition coefficient (Wildman–Crippen LogP) is 3.11. The molecule has 2 aliphatic heterocycles. The van der Waals surface area contributed by atoms with Gasteiger partial charge in [-0.15, -0.1) is 10.2 Å². The van der Waals surface area contributed by atoms with E-state index in [2.05, 4.69) is 32.8 Å². The van der Waals surface area contributed by atoms with Gasteiger partial charge in [-0.1, -0.05) is 12.5 Å². The number of anilines is 1. The van der Waals surface area contributed by atoms with Crippen molar-refractivity contribution in [1.82, 2.24) is 20.8 Å². The number of aromatic nitrogens is 2. The standard InChI is InChI=1S/C24H31N5O2/c1-15(11-24(31)25-2)16-7-8-20(22(30)12-16)21-9-10-23(28-27-21)29(3)19-13-17-5-4-6-18(14-19)26-17/h7-12,17-19,26,30H,4-6,13-14H2,1-3H3,(H,25,31)/b15-11+/t17-,18-/m1/s1. The lowest BCUT2D eigenvalue weighted by molar-refractivity contribution is -0.116. The number of phenolic OH excluding ortho intramolecular Hbond substituents is 1. The highest BCUT2D eigenvalue weighted by atomic mass is 16.3. The molecule has 2 aliphatic rings. The van der Waals surface area contributed by atoms with Crippen LogP contribution < -0.4 is 15.5 Å². The first kappa shape index (κ1) is 21.3. The number of likely N-dealkylation sites (N-methyl/N-ethyl adjacent to an activating group) is 1. The van der Waals surface area contributed by atoms with Gasteiger partial charge in [0.25, 0.3) is 0 Å². The molecule has 0 unspecified atom stereocenters. The second-order valence-electron chi connectivity index (χ2n) is 8.68. The molecule has 2 saturated heterocycles. The van der Waals surface area contributed by atoms with Gasteiger partial charge in [0.2, 0.25) is 5.91 Å². The Morgan fingerprint density at radius 2 is 1.94 bits per heavy atom. The van der Waals surface area contributed by atoms with E-state index < -0.39 is 0 Å². The molecule has 7 heteroatoms. The molecule has 3 N–H and O–H groups in total. The summed E-state index contributed by atoms with van der Waals surface area (Å²) in [5.41, 5.74) is 2.80. The molecular weight excluding hydrogens is 390 g/mol. The number of aromatic hydroxyl groups is 1. The summed E-state index contributed by atoms with van der Waals surface area (Å²) in [6, 6.07) is 10.9. The van der Waals surface area contributed by atoms with E-state index in [1.807, 2.05) is 31.2 Å². The highest BCUT2D eigenvalue weighted by molar-refractivity contribution is 5.94. The average Bonchev–Trinajstić information content (AvgIpc) is 2.78. The minimum absolute atomic E-state index is 0.115. The summed E-state index contributed by atoms with van der Waals surface area (Å²) >= 11 is 0. The first-order chi connectivity index (χ1) is 14.9. The second-order valence-corrected chi connectivity index (χ2v) is 8.68. The normalized spacial score (nSPS) is 23.3. The Bertz CT molecular complexity index is 960. The first-order valence-electron chi connectivity index (χ1n) is 11.0. The lowest BCUT2D eigenvalue weighted by Gasteiger charge is -2.43. The van der Waals surface area contributed by atoms with Crippen molar-refractivity contribution >= 4 is 17.3 Å². The van der Waals surface area contributed by atoms with Crippen molar-refractivity contribution in [2.75, 3.05) is 19.0 Å². The van der Waals surface area contributed by atoms with Crippen LogP contribution in [-0.4, -0.2) is 53.4 Å². The summed E-state index contributed by atoms with van der Waals surface area (Å²) in [5, 5.41) is 25.7. The maximum Gasteiger partial charge on any atom is 0.244 e. The van der Waals surface area contributed by atoms with Crippen molar-refractivity contribution in [3.05, 3.63) is 42.0 Å². The number of piperidine rings is 2. The number of benzene rings is 1. The van der Waals surface area contributed by atoms with Crippen molar-refractivity contribution in [3.8, 4) is 17.0 Å². The van der Waals surface area contributed by atoms with Gasteiger partial charge in [-0.25, -0.2) is 0 Å². The Kier molecular flexibility index (Phi) is 6.23. The number of amides is 1. The van der Waals surface area contributed by atoms with E-state index >= 15 is 0 Å². The van der Waals surface area contributed by atoms with Crippen molar-refractivity contribution in [2.24, 2.45) is 0 Å². The molecule has 1 amide bonds. The molecule has 3 heterocycles. The molecule has 0 saturated carbocycles. The van der Waals surface area contributed by atoms with Gasteiger partial charge in [-0.2, -0.15) is 0 Å². The third-order valence-corrected chi connectivity index (χ3v) is 6.57. The summed E-state index contributed by atoms with van der Waals surface area (Å²) in [6.07, 6.45) is 7.64. The number of allylic oxidation sites excluding steroid dienone is 1. The fourth-order valence-electron chi connectivity index (χ4n) is 4.74. The number of phenols is 1. The number of hydrogen-bond acceptors (Lipinski definition) is 6. The lowest BCUT2D eigenvalue weighted by atomic mass is 9.83. The zero-order valence-corrected chi connectivity index (χ0v) is 18.4. The molecule has 1 aromatic carbocycles. The number of fused-ring (bicyclic) bond motifs is 2. The predicted molar refractivity (Wildman–Crippen MR) is 123 cm³/mol. The summed E-state index contributed by atoms with van der Waals surface area (Å²) in [7, 11) is 3.69. The third kappa shape index (κ3) is 4.71. The van der Waals surface area contributed by atoms with E-state index in [-0.39, 0.29) is 11.7 Å². The molecule has 2 atom stereocenters. The average molecular weight is 422 g/mol. The minimum atomic E-state index is -0.177. The van der Waals surface area contributed by atoms with Crippen LogP contribution in [-0.2, 0) is 4.79 Å². The number of carbonyl (C=O) groups excluding carboxylic acids is 1. The Labute approximate surface area is 183 Å². The van der Waals surface area contributed by atoms with Crippen LogP contribution in [0.5, 0.6) is 5.75 Å². The van der Waals surface area contributed by atoms with Crippen molar-refractivity contribution in [1.29, 1.82) is 0 Å². The van der Waals surface area contributed by atoms with Crippen LogP contribution in [0.1, 0.15) is 44.6 Å². The van der Waals surface area contributed by atoms with Crippen LogP contribution in [0.3, 0.4) is 0 Å². The number of nitrogens with one attached hydrogen (secondary N) is 2. The lowest BCUT2D eigenvalue weighted by Crippen LogP contribution is -2.54. The minimum Gasteiger partial charge on any atom is -0.507 e. The van der Waals surface area contributed by atoms with Crippen LogP contribution in [0.25, 0.3) is 16.8 Å². The van der Waals surface area contributed by atoms with E-state index in [0.29, 0.717) is 29.4 Å². The van der Waals surface area contributed by atoms with E-state index in [1.54, 1.807) is 13.1 Å². The van der Waals surface area contributed by atoms with E-state index in [4.69, 9.17) is 0 Å². The molecule has 2 fully saturated rings. The Balaban J connectivity index is 1.49. The monoisotopic (exact) mass is 421 g/mol. The van der Waals surface area contributed by atoms with Crippen LogP contribution in [0.2, 0.25) is 0 Å². The fourth-order valence-corrected chi connectivity index (χ4v) is 4.74. The maximum atomic E-state index is 11.6. The topological polar surface area (TPSA) is 90.4 Å². The molecule has 2 aromatic rings. The SMILES string of the molecule is CNC(=O)/C=C(\C)c1ccc(-c2ccc(N(C)C3C[C@H]4CCC[C@H](C3)N4)nn2)c(O)c1. The van der Waals surface area contributed by atoms with Crippen molar-refractivity contribution in [3.63, 3.8) is 0 Å². The molecular formula is C24H31N5O2. The van der Waals surface area contributed by atoms with E-state index in [1.165, 1.54) is 25.3 Å². The number of rotatable bonds is 5. The summed E-state index contributed by atoms with van der Waals surface area (Å²) in [6.45, 7) is 1.84. The first-order valence-corrected chi connectivity index (χ1v) is 11.0. The van der Waals surface area contributed by atoms with Gasteiger partial charge in [-0.05, 0) is 68.0 Å². The molecule has 0 radical (unpaired) electrons. The smallest absolute Gasteiger partial charge is 0.244 e. The summed E-state index contributed by atoms with van der Waals surface area (Å²) in [5.74, 6) is 0.793.